The minimum Gasteiger partial charge on any atom is -1.00 e. The molecule has 0 aliphatic carbocycles. The van der Waals surface area contributed by atoms with E-state index in [4.69, 9.17) is 10.3 Å². The number of hydrogen-bond donors (Lipinski definition) is 3. The summed E-state index contributed by atoms with van der Waals surface area (Å²) in [7, 11) is -4.22. The van der Waals surface area contributed by atoms with Crippen LogP contribution in [0.1, 0.15) is 6.99 Å². The Kier molecular flexibility index (Phi) is 6.11. The number of benzene rings is 1. The second-order valence-corrected chi connectivity index (χ2v) is 4.33. The quantitative estimate of drug-likeness (QED) is 0.420. The van der Waals surface area contributed by atoms with E-state index in [0.717, 1.165) is 0 Å². The molecule has 4 N–H and O–H groups in total. The fraction of sp³-hybridized carbons (Fsp3) is 0.125. The van der Waals surface area contributed by atoms with Crippen LogP contribution >= 0.6 is 0 Å². The third-order valence-electron chi connectivity index (χ3n) is 1.72. The maximum absolute atomic E-state index is 10.8. The molecular formula is C8H11KN2O4S. The standard InChI is InChI=1S/C8H10N2O4S.K.H/c1-5-4-6(10-8(9)11)2-3-7(5)15(12,13)14;;/h2-4H,1H3,(H3,9,10,11)(H,12,13,14);;/q;+1;-1. The van der Waals surface area contributed by atoms with Crippen LogP contribution in [-0.4, -0.2) is 19.0 Å². The van der Waals surface area contributed by atoms with Gasteiger partial charge in [-0.05, 0) is 30.7 Å². The zero-order valence-corrected chi connectivity index (χ0v) is 12.8. The Morgan fingerprint density at radius 3 is 2.44 bits per heavy atom. The number of hydrogen-bond acceptors (Lipinski definition) is 3. The number of rotatable bonds is 2. The Labute approximate surface area is 137 Å². The first-order valence-corrected chi connectivity index (χ1v) is 5.39. The van der Waals surface area contributed by atoms with Gasteiger partial charge in [0.2, 0.25) is 0 Å². The van der Waals surface area contributed by atoms with Crippen molar-refractivity contribution in [2.24, 2.45) is 5.73 Å². The molecule has 0 aromatic heterocycles. The van der Waals surface area contributed by atoms with Gasteiger partial charge in [0.1, 0.15) is 0 Å². The Hall–Kier alpha value is 0.0364. The molecule has 16 heavy (non-hydrogen) atoms. The summed E-state index contributed by atoms with van der Waals surface area (Å²) in [5.74, 6) is 0. The Balaban J connectivity index is 0. The first kappa shape index (κ1) is 16.0. The Bertz CT molecular complexity index is 506. The molecule has 0 unspecified atom stereocenters. The molecule has 0 aliphatic rings. The van der Waals surface area contributed by atoms with Crippen LogP contribution in [0, 0.1) is 6.92 Å². The van der Waals surface area contributed by atoms with Gasteiger partial charge >= 0.3 is 57.4 Å². The molecule has 0 heterocycles. The maximum Gasteiger partial charge on any atom is 1.00 e. The monoisotopic (exact) mass is 270 g/mol. The topological polar surface area (TPSA) is 109 Å². The summed E-state index contributed by atoms with van der Waals surface area (Å²) >= 11 is 0. The second-order valence-electron chi connectivity index (χ2n) is 2.94. The van der Waals surface area contributed by atoms with Crippen molar-refractivity contribution in [3.63, 3.8) is 0 Å². The molecule has 2 amide bonds. The Morgan fingerprint density at radius 2 is 2.06 bits per heavy atom. The smallest absolute Gasteiger partial charge is 1.00 e. The van der Waals surface area contributed by atoms with Crippen molar-refractivity contribution in [2.75, 3.05) is 5.32 Å². The van der Waals surface area contributed by atoms with Gasteiger partial charge in [-0.1, -0.05) is 0 Å². The van der Waals surface area contributed by atoms with Crippen LogP contribution in [0.2, 0.25) is 0 Å². The molecule has 1 rings (SSSR count). The van der Waals surface area contributed by atoms with Gasteiger partial charge < -0.3 is 12.5 Å². The number of anilines is 1. The van der Waals surface area contributed by atoms with E-state index in [1.54, 1.807) is 0 Å². The van der Waals surface area contributed by atoms with E-state index in [-0.39, 0.29) is 57.7 Å². The largest absolute Gasteiger partial charge is 1.00 e. The summed E-state index contributed by atoms with van der Waals surface area (Å²) in [6.07, 6.45) is 0. The predicted molar refractivity (Wildman–Crippen MR) is 55.3 cm³/mol. The number of primary amides is 1. The van der Waals surface area contributed by atoms with E-state index in [1.165, 1.54) is 25.1 Å². The van der Waals surface area contributed by atoms with Gasteiger partial charge in [-0.25, -0.2) is 4.79 Å². The third-order valence-corrected chi connectivity index (χ3v) is 2.73. The van der Waals surface area contributed by atoms with E-state index in [9.17, 15) is 13.2 Å². The van der Waals surface area contributed by atoms with E-state index >= 15 is 0 Å². The van der Waals surface area contributed by atoms with E-state index < -0.39 is 16.1 Å². The molecule has 1 aromatic carbocycles. The van der Waals surface area contributed by atoms with E-state index in [0.29, 0.717) is 11.3 Å². The fourth-order valence-corrected chi connectivity index (χ4v) is 1.86. The fourth-order valence-electron chi connectivity index (χ4n) is 1.16. The number of nitrogens with two attached hydrogens (primary N) is 1. The number of amides is 2. The molecule has 6 nitrogen and oxygen atoms in total. The molecule has 0 saturated carbocycles. The van der Waals surface area contributed by atoms with Gasteiger partial charge in [0.15, 0.2) is 0 Å². The molecule has 0 spiro atoms. The number of carbonyl (C=O) groups excluding carboxylic acids is 1. The van der Waals surface area contributed by atoms with Crippen LogP contribution in [0.4, 0.5) is 10.5 Å². The third kappa shape index (κ3) is 4.50. The van der Waals surface area contributed by atoms with Gasteiger partial charge in [-0.2, -0.15) is 8.42 Å². The average molecular weight is 270 g/mol. The predicted octanol–water partition coefficient (Wildman–Crippen LogP) is -2.15. The van der Waals surface area contributed by atoms with E-state index in [2.05, 4.69) is 5.32 Å². The molecule has 1 aromatic rings. The van der Waals surface area contributed by atoms with Gasteiger partial charge in [0.25, 0.3) is 10.1 Å². The molecule has 8 heteroatoms. The van der Waals surface area contributed by atoms with Crippen molar-refractivity contribution in [1.82, 2.24) is 0 Å². The molecule has 0 saturated heterocycles. The SMILES string of the molecule is Cc1cc(NC(N)=O)ccc1S(=O)(=O)O.[H-].[K+]. The van der Waals surface area contributed by atoms with Crippen molar-refractivity contribution >= 4 is 21.8 Å². The molecule has 0 aliphatic heterocycles. The molecular weight excluding hydrogens is 259 g/mol. The van der Waals surface area contributed by atoms with Crippen molar-refractivity contribution in [3.05, 3.63) is 23.8 Å². The van der Waals surface area contributed by atoms with Gasteiger partial charge in [-0.15, -0.1) is 0 Å². The Morgan fingerprint density at radius 1 is 1.50 bits per heavy atom. The van der Waals surface area contributed by atoms with Crippen molar-refractivity contribution in [3.8, 4) is 0 Å². The summed E-state index contributed by atoms with van der Waals surface area (Å²) in [6, 6.07) is 3.18. The minimum atomic E-state index is -4.22. The molecule has 0 fully saturated rings. The summed E-state index contributed by atoms with van der Waals surface area (Å²) in [5, 5.41) is 2.29. The van der Waals surface area contributed by atoms with Crippen LogP contribution in [0.15, 0.2) is 23.1 Å². The van der Waals surface area contributed by atoms with Gasteiger partial charge in [-0.3, -0.25) is 4.55 Å². The van der Waals surface area contributed by atoms with Crippen LogP contribution in [0.3, 0.4) is 0 Å². The van der Waals surface area contributed by atoms with Crippen LogP contribution in [-0.2, 0) is 10.1 Å². The summed E-state index contributed by atoms with van der Waals surface area (Å²) in [6.45, 7) is 1.50. The van der Waals surface area contributed by atoms with Crippen molar-refractivity contribution in [1.29, 1.82) is 0 Å². The van der Waals surface area contributed by atoms with Gasteiger partial charge in [0, 0.05) is 5.69 Å². The number of urea groups is 1. The number of carbonyl (C=O) groups is 1. The van der Waals surface area contributed by atoms with Crippen LogP contribution < -0.4 is 62.4 Å². The maximum atomic E-state index is 10.8. The average Bonchev–Trinajstić information content (AvgIpc) is 1.99. The number of nitrogens with one attached hydrogen (secondary N) is 1. The second kappa shape index (κ2) is 6.10. The summed E-state index contributed by atoms with van der Waals surface area (Å²) in [4.78, 5) is 10.3. The first-order valence-electron chi connectivity index (χ1n) is 3.95. The van der Waals surface area contributed by atoms with Crippen molar-refractivity contribution < 1.29 is 70.6 Å². The zero-order chi connectivity index (χ0) is 11.6. The van der Waals surface area contributed by atoms with Crippen molar-refractivity contribution in [2.45, 2.75) is 11.8 Å². The summed E-state index contributed by atoms with van der Waals surface area (Å²) < 4.78 is 30.5. The number of aryl methyl sites for hydroxylation is 1. The van der Waals surface area contributed by atoms with Gasteiger partial charge in [0.05, 0.1) is 4.90 Å². The molecule has 0 atom stereocenters. The van der Waals surface area contributed by atoms with Crippen LogP contribution in [0.5, 0.6) is 0 Å². The molecule has 84 valence electrons. The van der Waals surface area contributed by atoms with E-state index in [1.807, 2.05) is 0 Å². The first-order chi connectivity index (χ1) is 6.80. The zero-order valence-electron chi connectivity index (χ0n) is 9.89. The molecule has 0 radical (unpaired) electrons. The normalized spacial score (nSPS) is 10.4. The van der Waals surface area contributed by atoms with Crippen LogP contribution in [0.25, 0.3) is 0 Å². The summed E-state index contributed by atoms with van der Waals surface area (Å²) in [5.41, 5.74) is 5.57. The molecule has 0 bridgehead atoms. The minimum absolute atomic E-state index is 0.